The normalized spacial score (nSPS) is 11.1. The number of hydrogen-bond donors (Lipinski definition) is 1. The predicted octanol–water partition coefficient (Wildman–Crippen LogP) is 2.15. The first kappa shape index (κ1) is 12.7. The highest BCUT2D eigenvalue weighted by Crippen LogP contribution is 2.06. The molecule has 0 saturated heterocycles. The maximum atomic E-state index is 12.8. The summed E-state index contributed by atoms with van der Waals surface area (Å²) in [4.78, 5) is 1.51. The van der Waals surface area contributed by atoms with E-state index >= 15 is 0 Å². The molecule has 0 aliphatic carbocycles. The van der Waals surface area contributed by atoms with Gasteiger partial charge in [-0.25, -0.2) is 4.39 Å². The molecule has 0 bridgehead atoms. The molecule has 0 amide bonds. The molecule has 0 fully saturated rings. The molecule has 0 aliphatic heterocycles. The topological polar surface area (TPSA) is 42.7 Å². The molecule has 1 heterocycles. The van der Waals surface area contributed by atoms with Crippen molar-refractivity contribution in [2.45, 2.75) is 20.4 Å². The summed E-state index contributed by atoms with van der Waals surface area (Å²) in [7, 11) is 0. The number of benzene rings is 1. The minimum absolute atomic E-state index is 0.260. The second kappa shape index (κ2) is 5.73. The van der Waals surface area contributed by atoms with E-state index in [9.17, 15) is 4.39 Å². The third-order valence-electron chi connectivity index (χ3n) is 2.46. The molecule has 4 nitrogen and oxygen atoms in total. The zero-order chi connectivity index (χ0) is 13.0. The largest absolute Gasteiger partial charge is 0.311 e. The van der Waals surface area contributed by atoms with Crippen LogP contribution in [-0.2, 0) is 6.54 Å². The summed E-state index contributed by atoms with van der Waals surface area (Å²) in [5.74, 6) is 0.349. The van der Waals surface area contributed by atoms with Crippen LogP contribution >= 0.6 is 0 Å². The van der Waals surface area contributed by atoms with Gasteiger partial charge in [-0.15, -0.1) is 0 Å². The molecule has 2 rings (SSSR count). The molecule has 0 saturated carbocycles. The molecule has 1 N–H and O–H groups in total. The highest BCUT2D eigenvalue weighted by molar-refractivity contribution is 5.29. The van der Waals surface area contributed by atoms with Gasteiger partial charge in [0, 0.05) is 6.54 Å². The number of halogens is 1. The first-order chi connectivity index (χ1) is 8.65. The Morgan fingerprint density at radius 2 is 2.00 bits per heavy atom. The van der Waals surface area contributed by atoms with Gasteiger partial charge in [0.25, 0.3) is 0 Å². The van der Waals surface area contributed by atoms with Crippen LogP contribution < -0.4 is 5.32 Å². The molecule has 0 unspecified atom stereocenters. The van der Waals surface area contributed by atoms with Gasteiger partial charge >= 0.3 is 0 Å². The highest BCUT2D eigenvalue weighted by atomic mass is 19.1. The fourth-order valence-corrected chi connectivity index (χ4v) is 1.56. The van der Waals surface area contributed by atoms with Gasteiger partial charge in [0.2, 0.25) is 0 Å². The summed E-state index contributed by atoms with van der Waals surface area (Å²) in [6.07, 6.45) is 1.72. The van der Waals surface area contributed by atoms with E-state index in [2.05, 4.69) is 29.4 Å². The molecule has 1 aromatic carbocycles. The highest BCUT2D eigenvalue weighted by Gasteiger charge is 2.03. The van der Waals surface area contributed by atoms with E-state index in [0.29, 0.717) is 12.5 Å². The maximum Gasteiger partial charge on any atom is 0.123 e. The lowest BCUT2D eigenvalue weighted by Gasteiger charge is -2.04. The standard InChI is InChI=1S/C13H17FN4/c1-10(2)7-15-8-12-9-16-18(17-12)13-5-3-11(14)4-6-13/h3-6,9-10,15H,7-8H2,1-2H3. The minimum Gasteiger partial charge on any atom is -0.311 e. The maximum absolute atomic E-state index is 12.8. The molecule has 0 radical (unpaired) electrons. The molecule has 0 spiro atoms. The van der Waals surface area contributed by atoms with Crippen molar-refractivity contribution in [2.75, 3.05) is 6.54 Å². The lowest BCUT2D eigenvalue weighted by Crippen LogP contribution is -2.19. The smallest absolute Gasteiger partial charge is 0.123 e. The lowest BCUT2D eigenvalue weighted by molar-refractivity contribution is 0.546. The summed E-state index contributed by atoms with van der Waals surface area (Å²) in [6.45, 7) is 5.95. The van der Waals surface area contributed by atoms with Gasteiger partial charge < -0.3 is 5.32 Å². The number of nitrogens with zero attached hydrogens (tertiary/aromatic N) is 3. The Balaban J connectivity index is 1.99. The quantitative estimate of drug-likeness (QED) is 0.881. The second-order valence-corrected chi connectivity index (χ2v) is 4.63. The van der Waals surface area contributed by atoms with Gasteiger partial charge in [0.05, 0.1) is 17.6 Å². The Morgan fingerprint density at radius 3 is 2.67 bits per heavy atom. The SMILES string of the molecule is CC(C)CNCc1cnn(-c2ccc(F)cc2)n1. The van der Waals surface area contributed by atoms with Crippen molar-refractivity contribution < 1.29 is 4.39 Å². The monoisotopic (exact) mass is 248 g/mol. The Morgan fingerprint density at radius 1 is 1.28 bits per heavy atom. The van der Waals surface area contributed by atoms with Crippen molar-refractivity contribution in [3.05, 3.63) is 42.0 Å². The first-order valence-corrected chi connectivity index (χ1v) is 6.03. The van der Waals surface area contributed by atoms with Crippen LogP contribution in [0.2, 0.25) is 0 Å². The zero-order valence-electron chi connectivity index (χ0n) is 10.6. The summed E-state index contributed by atoms with van der Waals surface area (Å²) in [5.41, 5.74) is 1.63. The van der Waals surface area contributed by atoms with E-state index < -0.39 is 0 Å². The van der Waals surface area contributed by atoms with E-state index in [1.807, 2.05) is 0 Å². The van der Waals surface area contributed by atoms with Crippen LogP contribution in [0.3, 0.4) is 0 Å². The van der Waals surface area contributed by atoms with E-state index in [-0.39, 0.29) is 5.82 Å². The van der Waals surface area contributed by atoms with Crippen molar-refractivity contribution in [1.29, 1.82) is 0 Å². The van der Waals surface area contributed by atoms with E-state index in [1.165, 1.54) is 16.9 Å². The van der Waals surface area contributed by atoms with Gasteiger partial charge in [-0.1, -0.05) is 13.8 Å². The van der Waals surface area contributed by atoms with Crippen LogP contribution in [0.15, 0.2) is 30.5 Å². The fourth-order valence-electron chi connectivity index (χ4n) is 1.56. The average Bonchev–Trinajstić information content (AvgIpc) is 2.78. The molecule has 0 aliphatic rings. The van der Waals surface area contributed by atoms with Crippen LogP contribution in [0.1, 0.15) is 19.5 Å². The lowest BCUT2D eigenvalue weighted by atomic mass is 10.2. The Hall–Kier alpha value is -1.75. The molecule has 1 aromatic heterocycles. The van der Waals surface area contributed by atoms with Crippen LogP contribution in [0, 0.1) is 11.7 Å². The number of hydrogen-bond acceptors (Lipinski definition) is 3. The number of nitrogens with one attached hydrogen (secondary N) is 1. The number of aromatic nitrogens is 3. The predicted molar refractivity (Wildman–Crippen MR) is 67.9 cm³/mol. The van der Waals surface area contributed by atoms with Crippen LogP contribution in [-0.4, -0.2) is 21.5 Å². The molecule has 5 heteroatoms. The van der Waals surface area contributed by atoms with Crippen molar-refractivity contribution in [2.24, 2.45) is 5.92 Å². The first-order valence-electron chi connectivity index (χ1n) is 6.03. The van der Waals surface area contributed by atoms with Gasteiger partial charge in [-0.3, -0.25) is 0 Å². The summed E-state index contributed by atoms with van der Waals surface area (Å²) in [5, 5.41) is 11.8. The number of rotatable bonds is 5. The van der Waals surface area contributed by atoms with Crippen molar-refractivity contribution >= 4 is 0 Å². The average molecular weight is 248 g/mol. The molecular formula is C13H17FN4. The fraction of sp³-hybridized carbons (Fsp3) is 0.385. The van der Waals surface area contributed by atoms with Crippen molar-refractivity contribution in [3.8, 4) is 5.69 Å². The molecule has 0 atom stereocenters. The molecular weight excluding hydrogens is 231 g/mol. The zero-order valence-corrected chi connectivity index (χ0v) is 10.6. The summed E-state index contributed by atoms with van der Waals surface area (Å²) >= 11 is 0. The minimum atomic E-state index is -0.260. The van der Waals surface area contributed by atoms with Crippen molar-refractivity contribution in [1.82, 2.24) is 20.3 Å². The Bertz CT molecular complexity index is 490. The Labute approximate surface area is 106 Å². The molecule has 96 valence electrons. The van der Waals surface area contributed by atoms with Crippen LogP contribution in [0.4, 0.5) is 4.39 Å². The van der Waals surface area contributed by atoms with Crippen LogP contribution in [0.5, 0.6) is 0 Å². The molecule has 18 heavy (non-hydrogen) atoms. The second-order valence-electron chi connectivity index (χ2n) is 4.63. The molecule has 2 aromatic rings. The van der Waals surface area contributed by atoms with Gasteiger partial charge in [0.1, 0.15) is 5.82 Å². The van der Waals surface area contributed by atoms with E-state index in [0.717, 1.165) is 17.9 Å². The van der Waals surface area contributed by atoms with E-state index in [4.69, 9.17) is 0 Å². The van der Waals surface area contributed by atoms with Crippen LogP contribution in [0.25, 0.3) is 5.69 Å². The third-order valence-corrected chi connectivity index (χ3v) is 2.46. The van der Waals surface area contributed by atoms with E-state index in [1.54, 1.807) is 18.3 Å². The Kier molecular flexibility index (Phi) is 4.04. The van der Waals surface area contributed by atoms with Crippen molar-refractivity contribution in [3.63, 3.8) is 0 Å². The van der Waals surface area contributed by atoms with Gasteiger partial charge in [0.15, 0.2) is 0 Å². The summed E-state index contributed by atoms with van der Waals surface area (Å²) < 4.78 is 12.8. The van der Waals surface area contributed by atoms with Gasteiger partial charge in [-0.2, -0.15) is 15.0 Å². The third kappa shape index (κ3) is 3.37. The van der Waals surface area contributed by atoms with Gasteiger partial charge in [-0.05, 0) is 36.7 Å². The summed E-state index contributed by atoms with van der Waals surface area (Å²) in [6, 6.07) is 6.10.